The average Bonchev–Trinajstić information content (AvgIpc) is 3.69. The molecule has 0 aliphatic rings. The fourth-order valence-corrected chi connectivity index (χ4v) is 7.00. The first-order valence-electron chi connectivity index (χ1n) is 15.6. The van der Waals surface area contributed by atoms with Gasteiger partial charge in [0.2, 0.25) is 0 Å². The Kier molecular flexibility index (Phi) is 6.62. The van der Waals surface area contributed by atoms with E-state index in [1.165, 1.54) is 0 Å². The second-order valence-corrected chi connectivity index (χ2v) is 11.7. The number of imidazole rings is 1. The maximum absolute atomic E-state index is 6.55. The van der Waals surface area contributed by atoms with E-state index in [4.69, 9.17) is 9.72 Å². The Morgan fingerprint density at radius 3 is 2.15 bits per heavy atom. The Hall–Kier alpha value is -5.80. The predicted molar refractivity (Wildman–Crippen MR) is 189 cm³/mol. The minimum atomic E-state index is 0. The number of aromatic nitrogens is 4. The van der Waals surface area contributed by atoms with Gasteiger partial charge in [-0.15, -0.1) is 29.7 Å². The van der Waals surface area contributed by atoms with Gasteiger partial charge in [-0.25, -0.2) is 4.98 Å². The summed E-state index contributed by atoms with van der Waals surface area (Å²) < 4.78 is 10.9. The molecule has 5 nitrogen and oxygen atoms in total. The van der Waals surface area contributed by atoms with Crippen LogP contribution < -0.4 is 4.74 Å². The van der Waals surface area contributed by atoms with Crippen molar-refractivity contribution in [3.8, 4) is 28.4 Å². The van der Waals surface area contributed by atoms with Crippen LogP contribution >= 0.6 is 0 Å². The molecule has 0 amide bonds. The van der Waals surface area contributed by atoms with E-state index in [9.17, 15) is 0 Å². The summed E-state index contributed by atoms with van der Waals surface area (Å²) in [6.45, 7) is 0. The molecule has 228 valence electrons. The van der Waals surface area contributed by atoms with Crippen molar-refractivity contribution in [2.45, 2.75) is 0 Å². The van der Waals surface area contributed by atoms with Crippen LogP contribution in [0.4, 0.5) is 0 Å². The average molecular weight is 707 g/mol. The molecule has 6 aromatic carbocycles. The number of pyridine rings is 2. The summed E-state index contributed by atoms with van der Waals surface area (Å²) in [4.78, 5) is 9.77. The zero-order valence-electron chi connectivity index (χ0n) is 25.4. The molecule has 4 aromatic heterocycles. The van der Waals surface area contributed by atoms with Crippen LogP contribution in [-0.2, 0) is 20.4 Å². The second kappa shape index (κ2) is 11.2. The third-order valence-corrected chi connectivity index (χ3v) is 9.00. The maximum atomic E-state index is 6.55. The fraction of sp³-hybridized carbons (Fsp3) is 0. The van der Waals surface area contributed by atoms with Crippen molar-refractivity contribution in [3.63, 3.8) is 0 Å². The van der Waals surface area contributed by atoms with Crippen LogP contribution in [0.2, 0.25) is 0 Å². The van der Waals surface area contributed by atoms with Crippen LogP contribution in [0, 0.1) is 12.1 Å². The third-order valence-electron chi connectivity index (χ3n) is 9.00. The molecule has 6 heteroatoms. The molecule has 0 unspecified atom stereocenters. The normalized spacial score (nSPS) is 11.6. The fourth-order valence-electron chi connectivity index (χ4n) is 7.00. The van der Waals surface area contributed by atoms with Crippen molar-refractivity contribution in [1.29, 1.82) is 0 Å². The van der Waals surface area contributed by atoms with Crippen molar-refractivity contribution in [3.05, 3.63) is 158 Å². The van der Waals surface area contributed by atoms with Crippen molar-refractivity contribution in [1.82, 2.24) is 18.9 Å². The number of rotatable bonds is 4. The van der Waals surface area contributed by atoms with Gasteiger partial charge in [0.1, 0.15) is 5.82 Å². The number of para-hydroxylation sites is 3. The first-order chi connectivity index (χ1) is 23.3. The summed E-state index contributed by atoms with van der Waals surface area (Å²) in [6, 6.07) is 55.0. The van der Waals surface area contributed by atoms with Gasteiger partial charge in [0.15, 0.2) is 0 Å². The van der Waals surface area contributed by atoms with Crippen LogP contribution in [0.25, 0.3) is 77.1 Å². The molecule has 10 aromatic rings. The Balaban J connectivity index is 0.00000314. The molecule has 0 saturated heterocycles. The summed E-state index contributed by atoms with van der Waals surface area (Å²) in [7, 11) is 0. The van der Waals surface area contributed by atoms with E-state index < -0.39 is 0 Å². The van der Waals surface area contributed by atoms with Gasteiger partial charge in [-0.1, -0.05) is 101 Å². The largest absolute Gasteiger partial charge is 2.00 e. The van der Waals surface area contributed by atoms with Crippen LogP contribution in [0.5, 0.6) is 11.5 Å². The Morgan fingerprint density at radius 2 is 1.29 bits per heavy atom. The number of hydrogen-bond acceptors (Lipinski definition) is 3. The first-order valence-corrected chi connectivity index (χ1v) is 15.6. The predicted octanol–water partition coefficient (Wildman–Crippen LogP) is 10.3. The van der Waals surface area contributed by atoms with Gasteiger partial charge in [0.25, 0.3) is 0 Å². The summed E-state index contributed by atoms with van der Waals surface area (Å²) in [5.41, 5.74) is 8.24. The van der Waals surface area contributed by atoms with E-state index in [0.29, 0.717) is 11.5 Å². The van der Waals surface area contributed by atoms with Gasteiger partial charge >= 0.3 is 20.4 Å². The molecule has 0 fully saturated rings. The molecular formula is C42H24N4OPd. The van der Waals surface area contributed by atoms with Crippen LogP contribution in [0.15, 0.2) is 146 Å². The molecule has 4 heterocycles. The molecule has 0 N–H and O–H groups in total. The summed E-state index contributed by atoms with van der Waals surface area (Å²) in [5, 5.41) is 5.36. The molecule has 0 saturated carbocycles. The minimum absolute atomic E-state index is 0. The Morgan fingerprint density at radius 1 is 0.562 bits per heavy atom. The summed E-state index contributed by atoms with van der Waals surface area (Å²) in [6.07, 6.45) is 1.81. The van der Waals surface area contributed by atoms with Gasteiger partial charge in [0.05, 0.1) is 16.7 Å². The summed E-state index contributed by atoms with van der Waals surface area (Å²) in [5.74, 6) is 2.03. The molecule has 0 aliphatic carbocycles. The van der Waals surface area contributed by atoms with Crippen molar-refractivity contribution in [2.24, 2.45) is 0 Å². The summed E-state index contributed by atoms with van der Waals surface area (Å²) >= 11 is 0. The number of nitrogens with zero attached hydrogens (tertiary/aromatic N) is 4. The van der Waals surface area contributed by atoms with Crippen LogP contribution in [-0.4, -0.2) is 18.9 Å². The van der Waals surface area contributed by atoms with Crippen molar-refractivity contribution >= 4 is 60.2 Å². The number of benzene rings is 6. The van der Waals surface area contributed by atoms with Crippen molar-refractivity contribution < 1.29 is 25.2 Å². The molecule has 0 radical (unpaired) electrons. The first kappa shape index (κ1) is 28.4. The zero-order valence-corrected chi connectivity index (χ0v) is 26.9. The third kappa shape index (κ3) is 4.28. The molecule has 0 spiro atoms. The van der Waals surface area contributed by atoms with E-state index >= 15 is 0 Å². The molecule has 10 rings (SSSR count). The van der Waals surface area contributed by atoms with Gasteiger partial charge in [-0.3, -0.25) is 4.98 Å². The quantitative estimate of drug-likeness (QED) is 0.104. The molecule has 0 atom stereocenters. The molecule has 48 heavy (non-hydrogen) atoms. The smallest absolute Gasteiger partial charge is 0.503 e. The van der Waals surface area contributed by atoms with Crippen LogP contribution in [0.3, 0.4) is 0 Å². The molecule has 0 aliphatic heterocycles. The van der Waals surface area contributed by atoms with Crippen molar-refractivity contribution in [2.75, 3.05) is 0 Å². The van der Waals surface area contributed by atoms with E-state index in [1.54, 1.807) is 0 Å². The molecular weight excluding hydrogens is 683 g/mol. The van der Waals surface area contributed by atoms with Gasteiger partial charge in [-0.05, 0) is 58.3 Å². The topological polar surface area (TPSA) is 44.3 Å². The Labute approximate surface area is 289 Å². The zero-order chi connectivity index (χ0) is 30.9. The SMILES string of the molecule is [Pd+2].[c-]1c(Oc2[c-]c3c(cc2)c2ccccc2n3-c2ccccn2)ccc2c1c1nc3ccccc3n1c1cccc(-c3ccccc3)c21. The van der Waals surface area contributed by atoms with Gasteiger partial charge in [0, 0.05) is 28.7 Å². The second-order valence-electron chi connectivity index (χ2n) is 11.7. The van der Waals surface area contributed by atoms with E-state index in [1.807, 2.05) is 42.6 Å². The van der Waals surface area contributed by atoms with E-state index in [0.717, 1.165) is 77.1 Å². The van der Waals surface area contributed by atoms with Crippen LogP contribution in [0.1, 0.15) is 0 Å². The monoisotopic (exact) mass is 706 g/mol. The number of ether oxygens (including phenoxy) is 1. The minimum Gasteiger partial charge on any atom is -0.503 e. The van der Waals surface area contributed by atoms with Gasteiger partial charge in [-0.2, -0.15) is 6.07 Å². The van der Waals surface area contributed by atoms with E-state index in [-0.39, 0.29) is 20.4 Å². The number of hydrogen-bond donors (Lipinski definition) is 0. The van der Waals surface area contributed by atoms with E-state index in [2.05, 4.69) is 129 Å². The maximum Gasteiger partial charge on any atom is 2.00 e. The Bertz CT molecular complexity index is 2820. The number of fused-ring (bicyclic) bond motifs is 11. The van der Waals surface area contributed by atoms with Gasteiger partial charge < -0.3 is 13.7 Å². The molecule has 0 bridgehead atoms. The standard InChI is InChI=1S/C42H24N4O.Pd/c1-2-11-27(12-3-1)30-14-10-18-38-41(30)33-23-21-28(25-34(33)42-44-35-15-5-7-17-37(35)46(38)42)47-29-20-22-32-31-13-4-6-16-36(31)45(39(32)26-29)40-19-8-9-24-43-40;/h1-24H;/q-2;+2.